The van der Waals surface area contributed by atoms with E-state index in [2.05, 4.69) is 37.3 Å². The predicted molar refractivity (Wildman–Crippen MR) is 69.6 cm³/mol. The van der Waals surface area contributed by atoms with E-state index >= 15 is 0 Å². The molecule has 1 aliphatic rings. The van der Waals surface area contributed by atoms with E-state index in [1.54, 1.807) is 0 Å². The number of hydrogen-bond donors (Lipinski definition) is 1. The van der Waals surface area contributed by atoms with Crippen LogP contribution in [0.3, 0.4) is 0 Å². The van der Waals surface area contributed by atoms with E-state index in [1.165, 1.54) is 11.3 Å². The van der Waals surface area contributed by atoms with Gasteiger partial charge in [0, 0.05) is 17.6 Å². The number of nitrogens with one attached hydrogen (secondary N) is 1. The summed E-state index contributed by atoms with van der Waals surface area (Å²) >= 11 is 8.14. The molecule has 16 heavy (non-hydrogen) atoms. The number of thiophene rings is 1. The standard InChI is InChI=1S/C9H10Br2N2O2S/c10-6-5-7(16-8(6)11)9(14)12-13-1-3-15-4-2-13/h5H,1-4H2,(H,12,14). The Morgan fingerprint density at radius 2 is 2.12 bits per heavy atom. The molecule has 2 rings (SSSR count). The minimum atomic E-state index is -0.0710. The van der Waals surface area contributed by atoms with E-state index < -0.39 is 0 Å². The van der Waals surface area contributed by atoms with E-state index in [0.29, 0.717) is 18.1 Å². The van der Waals surface area contributed by atoms with Gasteiger partial charge in [-0.25, -0.2) is 5.01 Å². The van der Waals surface area contributed by atoms with Gasteiger partial charge in [-0.2, -0.15) is 0 Å². The van der Waals surface area contributed by atoms with Crippen LogP contribution in [-0.2, 0) is 4.74 Å². The molecule has 1 saturated heterocycles. The Hall–Kier alpha value is 0.0500. The maximum absolute atomic E-state index is 11.9. The number of rotatable bonds is 2. The Bertz CT molecular complexity index is 371. The van der Waals surface area contributed by atoms with Crippen LogP contribution in [0.1, 0.15) is 9.67 Å². The first kappa shape index (κ1) is 12.5. The van der Waals surface area contributed by atoms with Crippen LogP contribution in [0.4, 0.5) is 0 Å². The summed E-state index contributed by atoms with van der Waals surface area (Å²) in [5.41, 5.74) is 2.86. The molecule has 1 aliphatic heterocycles. The number of amides is 1. The maximum Gasteiger partial charge on any atom is 0.275 e. The van der Waals surface area contributed by atoms with Gasteiger partial charge in [-0.3, -0.25) is 10.2 Å². The molecule has 1 aromatic rings. The van der Waals surface area contributed by atoms with Gasteiger partial charge in [0.25, 0.3) is 5.91 Å². The SMILES string of the molecule is O=C(NN1CCOCC1)c1cc(Br)c(Br)s1. The van der Waals surface area contributed by atoms with Crippen LogP contribution in [0.25, 0.3) is 0 Å². The highest BCUT2D eigenvalue weighted by Gasteiger charge is 2.16. The minimum Gasteiger partial charge on any atom is -0.379 e. The smallest absolute Gasteiger partial charge is 0.275 e. The number of hydrazine groups is 1. The van der Waals surface area contributed by atoms with E-state index in [0.717, 1.165) is 21.3 Å². The number of morpholine rings is 1. The average Bonchev–Trinajstić information content (AvgIpc) is 2.61. The van der Waals surface area contributed by atoms with Gasteiger partial charge in [-0.15, -0.1) is 11.3 Å². The first-order chi connectivity index (χ1) is 7.66. The molecular formula is C9H10Br2N2O2S. The molecule has 1 N–H and O–H groups in total. The lowest BCUT2D eigenvalue weighted by Gasteiger charge is -2.26. The topological polar surface area (TPSA) is 41.6 Å². The Morgan fingerprint density at radius 3 is 2.69 bits per heavy atom. The monoisotopic (exact) mass is 368 g/mol. The third-order valence-corrected chi connectivity index (χ3v) is 5.39. The van der Waals surface area contributed by atoms with E-state index in [1.807, 2.05) is 11.1 Å². The summed E-state index contributed by atoms with van der Waals surface area (Å²) in [5, 5.41) is 1.88. The van der Waals surface area contributed by atoms with Gasteiger partial charge >= 0.3 is 0 Å². The highest BCUT2D eigenvalue weighted by atomic mass is 79.9. The second-order valence-electron chi connectivity index (χ2n) is 3.27. The Morgan fingerprint density at radius 1 is 1.44 bits per heavy atom. The van der Waals surface area contributed by atoms with E-state index in [4.69, 9.17) is 4.74 Å². The summed E-state index contributed by atoms with van der Waals surface area (Å²) in [4.78, 5) is 12.5. The molecule has 0 aliphatic carbocycles. The van der Waals surface area contributed by atoms with Crippen LogP contribution in [-0.4, -0.2) is 37.2 Å². The molecule has 1 fully saturated rings. The lowest BCUT2D eigenvalue weighted by molar-refractivity contribution is 0.0127. The molecule has 4 nitrogen and oxygen atoms in total. The highest BCUT2D eigenvalue weighted by Crippen LogP contribution is 2.32. The van der Waals surface area contributed by atoms with Crippen molar-refractivity contribution < 1.29 is 9.53 Å². The highest BCUT2D eigenvalue weighted by molar-refractivity contribution is 9.13. The van der Waals surface area contributed by atoms with Crippen LogP contribution in [0.2, 0.25) is 0 Å². The molecular weight excluding hydrogens is 360 g/mol. The molecule has 7 heteroatoms. The van der Waals surface area contributed by atoms with Crippen LogP contribution in [0.5, 0.6) is 0 Å². The molecule has 2 heterocycles. The number of carbonyl (C=O) groups is 1. The molecule has 0 bridgehead atoms. The van der Waals surface area contributed by atoms with E-state index in [-0.39, 0.29) is 5.91 Å². The van der Waals surface area contributed by atoms with Gasteiger partial charge < -0.3 is 4.74 Å². The lowest BCUT2D eigenvalue weighted by atomic mass is 10.4. The van der Waals surface area contributed by atoms with Crippen LogP contribution in [0, 0.1) is 0 Å². The second kappa shape index (κ2) is 5.59. The number of ether oxygens (including phenoxy) is 1. The summed E-state index contributed by atoms with van der Waals surface area (Å²) in [5.74, 6) is -0.0710. The fourth-order valence-corrected chi connectivity index (χ4v) is 3.26. The normalized spacial score (nSPS) is 17.4. The van der Waals surface area contributed by atoms with E-state index in [9.17, 15) is 4.79 Å². The quantitative estimate of drug-likeness (QED) is 0.869. The molecule has 0 radical (unpaired) electrons. The summed E-state index contributed by atoms with van der Waals surface area (Å²) in [6.07, 6.45) is 0. The van der Waals surface area contributed by atoms with Crippen LogP contribution < -0.4 is 5.43 Å². The van der Waals surface area contributed by atoms with Crippen molar-refractivity contribution in [3.63, 3.8) is 0 Å². The summed E-state index contributed by atoms with van der Waals surface area (Å²) in [6.45, 7) is 2.80. The van der Waals surface area contributed by atoms with Crippen molar-refractivity contribution in [3.05, 3.63) is 19.2 Å². The number of hydrogen-bond acceptors (Lipinski definition) is 4. The molecule has 0 saturated carbocycles. The molecule has 1 amide bonds. The summed E-state index contributed by atoms with van der Waals surface area (Å²) in [7, 11) is 0. The van der Waals surface area contributed by atoms with Gasteiger partial charge in [0.05, 0.1) is 21.9 Å². The zero-order chi connectivity index (χ0) is 11.5. The lowest BCUT2D eigenvalue weighted by Crippen LogP contribution is -2.48. The van der Waals surface area contributed by atoms with Gasteiger partial charge in [0.1, 0.15) is 0 Å². The molecule has 0 spiro atoms. The Kier molecular flexibility index (Phi) is 4.37. The van der Waals surface area contributed by atoms with Crippen LogP contribution >= 0.6 is 43.2 Å². The van der Waals surface area contributed by atoms with Gasteiger partial charge in [-0.05, 0) is 37.9 Å². The molecule has 0 unspecified atom stereocenters. The first-order valence-electron chi connectivity index (χ1n) is 4.75. The summed E-state index contributed by atoms with van der Waals surface area (Å²) in [6, 6.07) is 1.81. The zero-order valence-corrected chi connectivity index (χ0v) is 12.3. The molecule has 0 atom stereocenters. The molecule has 1 aromatic heterocycles. The van der Waals surface area contributed by atoms with Gasteiger partial charge in [-0.1, -0.05) is 0 Å². The zero-order valence-electron chi connectivity index (χ0n) is 8.33. The van der Waals surface area contributed by atoms with Gasteiger partial charge in [0.2, 0.25) is 0 Å². The number of halogens is 2. The predicted octanol–water partition coefficient (Wildman–Crippen LogP) is 2.25. The molecule has 0 aromatic carbocycles. The number of nitrogens with zero attached hydrogens (tertiary/aromatic N) is 1. The van der Waals surface area contributed by atoms with Crippen molar-refractivity contribution in [2.45, 2.75) is 0 Å². The summed E-state index contributed by atoms with van der Waals surface area (Å²) < 4.78 is 7.04. The Balaban J connectivity index is 1.96. The third-order valence-electron chi connectivity index (χ3n) is 2.14. The van der Waals surface area contributed by atoms with Crippen molar-refractivity contribution in [2.75, 3.05) is 26.3 Å². The van der Waals surface area contributed by atoms with Crippen molar-refractivity contribution in [1.29, 1.82) is 0 Å². The van der Waals surface area contributed by atoms with Crippen molar-refractivity contribution >= 4 is 49.1 Å². The second-order valence-corrected chi connectivity index (χ2v) is 6.50. The molecule has 88 valence electrons. The number of carbonyl (C=O) groups excluding carboxylic acids is 1. The average molecular weight is 370 g/mol. The largest absolute Gasteiger partial charge is 0.379 e. The fourth-order valence-electron chi connectivity index (χ4n) is 1.33. The van der Waals surface area contributed by atoms with Gasteiger partial charge in [0.15, 0.2) is 0 Å². The van der Waals surface area contributed by atoms with Crippen molar-refractivity contribution in [2.24, 2.45) is 0 Å². The Labute approximate surface area is 114 Å². The fraction of sp³-hybridized carbons (Fsp3) is 0.444. The third kappa shape index (κ3) is 3.04. The minimum absolute atomic E-state index is 0.0710. The maximum atomic E-state index is 11.9. The van der Waals surface area contributed by atoms with Crippen molar-refractivity contribution in [1.82, 2.24) is 10.4 Å². The van der Waals surface area contributed by atoms with Crippen LogP contribution in [0.15, 0.2) is 14.3 Å². The van der Waals surface area contributed by atoms with Crippen molar-refractivity contribution in [3.8, 4) is 0 Å². The first-order valence-corrected chi connectivity index (χ1v) is 7.15.